The molecule has 198 valence electrons. The van der Waals surface area contributed by atoms with Gasteiger partial charge in [0.05, 0.1) is 23.0 Å². The van der Waals surface area contributed by atoms with Crippen LogP contribution in [0.4, 0.5) is 26.4 Å². The van der Waals surface area contributed by atoms with Gasteiger partial charge in [-0.05, 0) is 57.1 Å². The quantitative estimate of drug-likeness (QED) is 0.264. The van der Waals surface area contributed by atoms with Crippen molar-refractivity contribution >= 4 is 46.3 Å². The molecule has 0 spiro atoms. The first-order valence-electron chi connectivity index (χ1n) is 12.7. The molecule has 0 saturated heterocycles. The highest BCUT2D eigenvalue weighted by atomic mass is 35.5. The van der Waals surface area contributed by atoms with E-state index in [9.17, 15) is 18.7 Å². The number of aliphatic hydroxyl groups excluding tert-OH is 1. The van der Waals surface area contributed by atoms with E-state index in [1.165, 1.54) is 12.1 Å². The number of nitrogens with one attached hydrogen (secondary N) is 2. The summed E-state index contributed by atoms with van der Waals surface area (Å²) in [4.78, 5) is 25.5. The average Bonchev–Trinajstić information content (AvgIpc) is 3.10. The zero-order chi connectivity index (χ0) is 26.1. The molecule has 2 aromatic heterocycles. The van der Waals surface area contributed by atoms with E-state index in [0.717, 1.165) is 25.7 Å². The average molecular weight is 534 g/mol. The Morgan fingerprint density at radius 2 is 1.84 bits per heavy atom. The number of aromatic nitrogens is 4. The van der Waals surface area contributed by atoms with Crippen molar-refractivity contribution in [2.75, 3.05) is 10.6 Å². The molecular weight excluding hydrogens is 504 g/mol. The summed E-state index contributed by atoms with van der Waals surface area (Å²) in [7, 11) is 0. The largest absolute Gasteiger partial charge is 0.393 e. The Labute approximate surface area is 217 Å². The molecule has 0 aliphatic heterocycles. The molecule has 12 heteroatoms. The molecule has 37 heavy (non-hydrogen) atoms. The molecule has 1 amide bonds. The molecule has 2 saturated carbocycles. The number of aliphatic hydroxyl groups is 1. The van der Waals surface area contributed by atoms with Crippen molar-refractivity contribution in [3.8, 4) is 0 Å². The second-order valence-electron chi connectivity index (χ2n) is 9.98. The van der Waals surface area contributed by atoms with E-state index in [0.29, 0.717) is 49.2 Å². The highest BCUT2D eigenvalue weighted by Gasteiger charge is 2.30. The lowest BCUT2D eigenvalue weighted by Crippen LogP contribution is -2.29. The Morgan fingerprint density at radius 3 is 2.59 bits per heavy atom. The van der Waals surface area contributed by atoms with Crippen LogP contribution < -0.4 is 16.4 Å². The smallest absolute Gasteiger partial charge is 0.224 e. The van der Waals surface area contributed by atoms with E-state index >= 15 is 0 Å². The maximum atomic E-state index is 14.6. The molecule has 2 heterocycles. The third-order valence-electron chi connectivity index (χ3n) is 7.41. The normalized spacial score (nSPS) is 24.5. The topological polar surface area (TPSA) is 131 Å². The maximum absolute atomic E-state index is 14.6. The molecule has 2 fully saturated rings. The Bertz CT molecular complexity index is 1300. The number of rotatable bonds is 6. The number of fused-ring (bicyclic) bond motifs is 1. The summed E-state index contributed by atoms with van der Waals surface area (Å²) < 4.78 is 30.6. The fourth-order valence-corrected chi connectivity index (χ4v) is 5.55. The lowest BCUT2D eigenvalue weighted by molar-refractivity contribution is -0.122. The number of nitrogens with two attached hydrogens (primary N) is 1. The van der Waals surface area contributed by atoms with Crippen LogP contribution in [0, 0.1) is 17.6 Å². The van der Waals surface area contributed by atoms with Gasteiger partial charge >= 0.3 is 0 Å². The number of imidazole rings is 1. The van der Waals surface area contributed by atoms with Crippen LogP contribution in [0.2, 0.25) is 5.02 Å². The molecule has 3 aromatic rings. The number of hydrogen-bond donors (Lipinski definition) is 4. The van der Waals surface area contributed by atoms with Gasteiger partial charge in [-0.3, -0.25) is 9.36 Å². The number of anilines is 3. The summed E-state index contributed by atoms with van der Waals surface area (Å²) in [6.45, 7) is 0. The maximum Gasteiger partial charge on any atom is 0.224 e. The van der Waals surface area contributed by atoms with Gasteiger partial charge < -0.3 is 21.5 Å². The molecule has 5 rings (SSSR count). The van der Waals surface area contributed by atoms with Gasteiger partial charge in [-0.15, -0.1) is 0 Å². The zero-order valence-electron chi connectivity index (χ0n) is 20.3. The number of carbonyl (C=O) groups excluding carboxylic acids is 1. The van der Waals surface area contributed by atoms with Crippen LogP contribution in [-0.2, 0) is 4.79 Å². The van der Waals surface area contributed by atoms with Gasteiger partial charge in [0, 0.05) is 18.0 Å². The highest BCUT2D eigenvalue weighted by molar-refractivity contribution is 6.30. The fourth-order valence-electron chi connectivity index (χ4n) is 5.40. The summed E-state index contributed by atoms with van der Waals surface area (Å²) in [6, 6.07) is 2.58. The van der Waals surface area contributed by atoms with Crippen LogP contribution in [0.25, 0.3) is 11.2 Å². The molecule has 1 aromatic carbocycles. The van der Waals surface area contributed by atoms with Crippen LogP contribution in [0.5, 0.6) is 0 Å². The predicted molar refractivity (Wildman–Crippen MR) is 137 cm³/mol. The second kappa shape index (κ2) is 10.7. The van der Waals surface area contributed by atoms with Gasteiger partial charge in [0.15, 0.2) is 17.3 Å². The lowest BCUT2D eigenvalue weighted by atomic mass is 9.85. The van der Waals surface area contributed by atoms with E-state index in [1.807, 2.05) is 4.57 Å². The van der Waals surface area contributed by atoms with Crippen LogP contribution in [0.1, 0.15) is 63.8 Å². The molecule has 2 aliphatic rings. The standard InChI is InChI=1S/C25H30ClF2N7O2/c26-17-9-10-18(21(28)20(17)27)32-25-33-19-12-30-24(31-14-3-1-2-4-16(36)11-14)34-23(19)35(25)15-7-5-13(6-8-15)22(29)37/h9-10,12-16,36H,1-8,11H2,(H2,29,37)(H,32,33)(H,30,31,34)/t13-,14-,15-,16+/m1/s1. The number of primary amides is 1. The predicted octanol–water partition coefficient (Wildman–Crippen LogP) is 4.82. The van der Waals surface area contributed by atoms with Crippen LogP contribution in [0.3, 0.4) is 0 Å². The van der Waals surface area contributed by atoms with Crippen molar-refractivity contribution in [3.05, 3.63) is 35.0 Å². The summed E-state index contributed by atoms with van der Waals surface area (Å²) in [5.41, 5.74) is 6.43. The summed E-state index contributed by atoms with van der Waals surface area (Å²) in [5.74, 6) is -2.07. The van der Waals surface area contributed by atoms with Gasteiger partial charge in [-0.25, -0.2) is 18.7 Å². The van der Waals surface area contributed by atoms with Gasteiger partial charge in [-0.2, -0.15) is 4.98 Å². The molecule has 9 nitrogen and oxygen atoms in total. The van der Waals surface area contributed by atoms with E-state index in [2.05, 4.69) is 20.6 Å². The van der Waals surface area contributed by atoms with Crippen LogP contribution in [-0.4, -0.2) is 42.7 Å². The van der Waals surface area contributed by atoms with Gasteiger partial charge in [-0.1, -0.05) is 24.4 Å². The van der Waals surface area contributed by atoms with Crippen molar-refractivity contribution in [1.82, 2.24) is 19.5 Å². The minimum absolute atomic E-state index is 0.0426. The van der Waals surface area contributed by atoms with Crippen molar-refractivity contribution in [3.63, 3.8) is 0 Å². The van der Waals surface area contributed by atoms with Crippen molar-refractivity contribution in [2.45, 2.75) is 76.0 Å². The van der Waals surface area contributed by atoms with Gasteiger partial charge in [0.2, 0.25) is 17.8 Å². The Hall–Kier alpha value is -3.05. The molecular formula is C25H30ClF2N7O2. The number of benzene rings is 1. The number of amides is 1. The Kier molecular flexibility index (Phi) is 7.43. The number of carbonyl (C=O) groups is 1. The third-order valence-corrected chi connectivity index (χ3v) is 7.70. The summed E-state index contributed by atoms with van der Waals surface area (Å²) >= 11 is 5.72. The van der Waals surface area contributed by atoms with Crippen molar-refractivity contribution in [1.29, 1.82) is 0 Å². The molecule has 0 bridgehead atoms. The van der Waals surface area contributed by atoms with E-state index in [4.69, 9.17) is 22.3 Å². The van der Waals surface area contributed by atoms with Gasteiger partial charge in [0.1, 0.15) is 5.52 Å². The van der Waals surface area contributed by atoms with E-state index in [-0.39, 0.29) is 46.7 Å². The number of halogens is 3. The first-order chi connectivity index (χ1) is 17.8. The number of hydrogen-bond acceptors (Lipinski definition) is 7. The van der Waals surface area contributed by atoms with E-state index in [1.54, 1.807) is 6.20 Å². The summed E-state index contributed by atoms with van der Waals surface area (Å²) in [5, 5.41) is 16.1. The molecule has 0 unspecified atom stereocenters. The Balaban J connectivity index is 1.50. The Morgan fingerprint density at radius 1 is 1.08 bits per heavy atom. The van der Waals surface area contributed by atoms with Crippen molar-refractivity contribution in [2.24, 2.45) is 11.7 Å². The third kappa shape index (κ3) is 5.47. The number of nitrogens with zero attached hydrogens (tertiary/aromatic N) is 4. The highest BCUT2D eigenvalue weighted by Crippen LogP contribution is 2.37. The summed E-state index contributed by atoms with van der Waals surface area (Å²) in [6.07, 6.45) is 8.04. The van der Waals surface area contributed by atoms with Gasteiger partial charge in [0.25, 0.3) is 0 Å². The SMILES string of the molecule is NC(=O)[C@H]1CC[C@H](n2c(Nc3ccc(Cl)c(F)c3F)nc3cnc(N[C@@H]4CCCC[C@H](O)C4)nc32)CC1. The minimum Gasteiger partial charge on any atom is -0.393 e. The first-order valence-corrected chi connectivity index (χ1v) is 13.1. The van der Waals surface area contributed by atoms with Crippen molar-refractivity contribution < 1.29 is 18.7 Å². The fraction of sp³-hybridized carbons (Fsp3) is 0.520. The minimum atomic E-state index is -1.15. The lowest BCUT2D eigenvalue weighted by Gasteiger charge is -2.29. The molecule has 2 aliphatic carbocycles. The van der Waals surface area contributed by atoms with Crippen LogP contribution >= 0.6 is 11.6 Å². The first kappa shape index (κ1) is 25.6. The monoisotopic (exact) mass is 533 g/mol. The molecule has 5 N–H and O–H groups in total. The second-order valence-corrected chi connectivity index (χ2v) is 10.4. The van der Waals surface area contributed by atoms with E-state index < -0.39 is 11.6 Å². The van der Waals surface area contributed by atoms with Crippen LogP contribution in [0.15, 0.2) is 18.3 Å². The molecule has 0 radical (unpaired) electrons. The zero-order valence-corrected chi connectivity index (χ0v) is 21.0. The molecule has 2 atom stereocenters.